The van der Waals surface area contributed by atoms with Crippen LogP contribution in [0.1, 0.15) is 165 Å². The number of allylic oxidation sites excluding steroid dienone is 8. The Hall–Kier alpha value is 1.76. The fourth-order valence-corrected chi connectivity index (χ4v) is 21.3. The molecule has 1 heterocycles. The monoisotopic (exact) mass is 864 g/mol. The summed E-state index contributed by atoms with van der Waals surface area (Å²) >= 11 is 17.3. The van der Waals surface area contributed by atoms with Crippen LogP contribution in [0.3, 0.4) is 0 Å². The maximum atomic E-state index is 8.95. The van der Waals surface area contributed by atoms with E-state index >= 15 is 0 Å². The molecule has 12 unspecified atom stereocenters. The second kappa shape index (κ2) is 22.2. The zero-order valence-corrected chi connectivity index (χ0v) is 40.0. The summed E-state index contributed by atoms with van der Waals surface area (Å²) in [6.07, 6.45) is 13.1. The van der Waals surface area contributed by atoms with Gasteiger partial charge in [0, 0.05) is 37.0 Å². The van der Waals surface area contributed by atoms with Gasteiger partial charge in [0.05, 0.1) is 0 Å². The summed E-state index contributed by atoms with van der Waals surface area (Å²) in [6.45, 7) is 19.8. The quantitative estimate of drug-likeness (QED) is 0.149. The zero-order chi connectivity index (χ0) is 40.5. The maximum Gasteiger partial charge on any atom is 0.0333 e. The average molecular weight is 866 g/mol. The van der Waals surface area contributed by atoms with Crippen molar-refractivity contribution < 1.29 is 5.48 Å². The molecule has 5 rings (SSSR count). The van der Waals surface area contributed by atoms with Gasteiger partial charge in [-0.2, -0.15) is 0 Å². The van der Waals surface area contributed by atoms with Gasteiger partial charge >= 0.3 is 0 Å². The third kappa shape index (κ3) is 11.5. The molecule has 0 nitrogen and oxygen atoms in total. The van der Waals surface area contributed by atoms with Gasteiger partial charge in [-0.05, 0) is 139 Å². The molecule has 5 aliphatic rings. The zero-order valence-electron chi connectivity index (χ0n) is 37.5. The minimum Gasteiger partial charge on any atom is -0.130 e. The Morgan fingerprint density at radius 3 is 1.33 bits per heavy atom. The van der Waals surface area contributed by atoms with Gasteiger partial charge in [0.15, 0.2) is 0 Å². The lowest BCUT2D eigenvalue weighted by atomic mass is 10.1. The van der Waals surface area contributed by atoms with Gasteiger partial charge in [-0.3, -0.25) is 0 Å². The van der Waals surface area contributed by atoms with Crippen molar-refractivity contribution in [3.63, 3.8) is 0 Å². The molecule has 0 saturated carbocycles. The van der Waals surface area contributed by atoms with Crippen molar-refractivity contribution >= 4 is 94.1 Å². The second-order valence-electron chi connectivity index (χ2n) is 15.3. The van der Waals surface area contributed by atoms with Crippen molar-refractivity contribution in [3.8, 4) is 0 Å². The molecule has 12 atom stereocenters. The summed E-state index contributed by atoms with van der Waals surface area (Å²) in [6, 6.07) is 0. The largest absolute Gasteiger partial charge is 0.130 e. The van der Waals surface area contributed by atoms with E-state index in [1.165, 1.54) is 6.42 Å². The third-order valence-electron chi connectivity index (χ3n) is 11.6. The van der Waals surface area contributed by atoms with E-state index < -0.39 is 0 Å². The molecule has 0 aromatic heterocycles. The van der Waals surface area contributed by atoms with Crippen LogP contribution in [0.5, 0.6) is 0 Å². The topological polar surface area (TPSA) is 0 Å². The van der Waals surface area contributed by atoms with Gasteiger partial charge in [-0.1, -0.05) is 94.8 Å². The van der Waals surface area contributed by atoms with E-state index in [0.717, 1.165) is 82.1 Å². The summed E-state index contributed by atoms with van der Waals surface area (Å²) in [4.78, 5) is 12.9. The lowest BCUT2D eigenvalue weighted by molar-refractivity contribution is 0.546. The van der Waals surface area contributed by atoms with Crippen LogP contribution in [0.25, 0.3) is 0 Å². The molecule has 296 valence electrons. The Balaban J connectivity index is 1.54. The van der Waals surface area contributed by atoms with E-state index in [-0.39, 0.29) is 12.8 Å². The molecule has 0 amide bonds. The Morgan fingerprint density at radius 1 is 0.538 bits per heavy atom. The minimum absolute atomic E-state index is 0.0215. The van der Waals surface area contributed by atoms with Crippen molar-refractivity contribution in [2.45, 2.75) is 191 Å². The van der Waals surface area contributed by atoms with Gasteiger partial charge in [0.25, 0.3) is 0 Å². The Kier molecular flexibility index (Phi) is 16.8. The summed E-state index contributed by atoms with van der Waals surface area (Å²) in [5.74, 6) is 4.30. The first kappa shape index (κ1) is 39.2. The van der Waals surface area contributed by atoms with Crippen molar-refractivity contribution in [2.24, 2.45) is 23.7 Å². The van der Waals surface area contributed by atoms with Crippen LogP contribution >= 0.6 is 94.1 Å². The van der Waals surface area contributed by atoms with Gasteiger partial charge in [-0.25, -0.2) is 0 Å². The molecule has 0 bridgehead atoms. The highest BCUT2D eigenvalue weighted by Gasteiger charge is 2.40. The third-order valence-corrected chi connectivity index (χ3v) is 24.3. The fourth-order valence-electron chi connectivity index (χ4n) is 8.38. The highest BCUT2D eigenvalue weighted by molar-refractivity contribution is 8.13. The van der Waals surface area contributed by atoms with E-state index in [9.17, 15) is 0 Å². The summed E-state index contributed by atoms with van der Waals surface area (Å²) in [5.41, 5.74) is 0. The van der Waals surface area contributed by atoms with E-state index in [2.05, 4.69) is 138 Å². The van der Waals surface area contributed by atoms with Crippen LogP contribution in [0.15, 0.2) is 39.2 Å². The number of thioether (sulfide) groups is 8. The highest BCUT2D eigenvalue weighted by Crippen LogP contribution is 2.58. The average Bonchev–Trinajstić information content (AvgIpc) is 3.94. The lowest BCUT2D eigenvalue weighted by Crippen LogP contribution is -2.30. The predicted octanol–water partition coefficient (Wildman–Crippen LogP) is 17.1. The first-order chi connectivity index (χ1) is 26.9. The molecule has 0 aromatic carbocycles. The molecule has 0 N–H and O–H groups in total. The van der Waals surface area contributed by atoms with E-state index in [1.807, 2.05) is 11.8 Å². The number of rotatable bonds is 16. The SMILES string of the molecule is [3H]CCC1CC2=C(C1)SC(C)C(C(CC)SC1=C(SCC)CC(C([3H])C)C1)SC1=C(CC(C([3H])C)C1)SC(C(CC)SC1=C(SCC)CC(CC[3H])C1)C(C)S2. The van der Waals surface area contributed by atoms with Gasteiger partial charge < -0.3 is 0 Å². The highest BCUT2D eigenvalue weighted by atomic mass is 32.2. The van der Waals surface area contributed by atoms with E-state index in [1.54, 1.807) is 39.2 Å². The van der Waals surface area contributed by atoms with Crippen LogP contribution in [0.2, 0.25) is 0 Å². The first-order valence-electron chi connectivity index (χ1n) is 23.1. The summed E-state index contributed by atoms with van der Waals surface area (Å²) < 4.78 is 33.7. The number of hydrogen-bond acceptors (Lipinski definition) is 8. The van der Waals surface area contributed by atoms with Crippen LogP contribution in [0.4, 0.5) is 0 Å². The van der Waals surface area contributed by atoms with Crippen molar-refractivity contribution in [3.05, 3.63) is 39.2 Å². The standard InChI is InChI=1S/C44H72S8/c1-11-29-19-35(45-17-7)37(21-29)49-33(15-5)43-27(9)47-39-23-31(13-3)24-40(39)48-28(10)44(52-42-26-32(14-4)25-41(42)51-43)34(16-6)50-38-22-30(12-2)20-36(38)46-18-8/h27-34,43-44H,11-26H2,1-10H3/i1T,3T,12T,14T. The molecule has 1 aliphatic heterocycles. The molecule has 0 radical (unpaired) electrons. The molecular weight excluding hydrogens is 785 g/mol. The molecule has 0 spiro atoms. The Bertz CT molecular complexity index is 1410. The van der Waals surface area contributed by atoms with E-state index in [4.69, 9.17) is 5.48 Å². The van der Waals surface area contributed by atoms with Gasteiger partial charge in [0.2, 0.25) is 0 Å². The lowest BCUT2D eigenvalue weighted by Gasteiger charge is -2.35. The number of hydrogen-bond donors (Lipinski definition) is 0. The molecule has 0 fully saturated rings. The fraction of sp³-hybridized carbons (Fsp3) is 0.818. The molecule has 8 heteroatoms. The molecule has 52 heavy (non-hydrogen) atoms. The van der Waals surface area contributed by atoms with E-state index in [0.29, 0.717) is 69.0 Å². The molecule has 4 aliphatic carbocycles. The minimum atomic E-state index is -0.0608. The smallest absolute Gasteiger partial charge is 0.0333 e. The van der Waals surface area contributed by atoms with Crippen molar-refractivity contribution in [1.29, 1.82) is 0 Å². The summed E-state index contributed by atoms with van der Waals surface area (Å²) in [7, 11) is 0. The Morgan fingerprint density at radius 2 is 0.904 bits per heavy atom. The predicted molar refractivity (Wildman–Crippen MR) is 257 cm³/mol. The molecular formula is C44H72S8. The first-order valence-corrected chi connectivity index (χ1v) is 27.7. The van der Waals surface area contributed by atoms with Crippen LogP contribution < -0.4 is 0 Å². The van der Waals surface area contributed by atoms with Crippen LogP contribution in [-0.2, 0) is 0 Å². The summed E-state index contributed by atoms with van der Waals surface area (Å²) in [5, 5.41) is 2.87. The normalized spacial score (nSPS) is 35.4. The Labute approximate surface area is 361 Å². The van der Waals surface area contributed by atoms with Gasteiger partial charge in [0.1, 0.15) is 0 Å². The van der Waals surface area contributed by atoms with Gasteiger partial charge in [-0.15, -0.1) is 94.1 Å². The second-order valence-corrected chi connectivity index (χ2v) is 26.2. The van der Waals surface area contributed by atoms with Crippen molar-refractivity contribution in [1.82, 2.24) is 0 Å². The molecule has 0 saturated heterocycles. The molecule has 0 aromatic rings. The van der Waals surface area contributed by atoms with Crippen LogP contribution in [0, 0.1) is 23.7 Å². The van der Waals surface area contributed by atoms with Crippen molar-refractivity contribution in [2.75, 3.05) is 11.5 Å². The maximum absolute atomic E-state index is 8.95. The van der Waals surface area contributed by atoms with Crippen LogP contribution in [-0.4, -0.2) is 43.0 Å².